The van der Waals surface area contributed by atoms with Gasteiger partial charge in [-0.3, -0.25) is 0 Å². The molecule has 2 N–H and O–H groups in total. The first-order chi connectivity index (χ1) is 14.6. The monoisotopic (exact) mass is 537 g/mol. The fourth-order valence-electron chi connectivity index (χ4n) is 2.89. The number of benzene rings is 2. The molecule has 31 heavy (non-hydrogen) atoms. The number of hydrogen-bond acceptors (Lipinski definition) is 3. The molecule has 0 aliphatic carbocycles. The Morgan fingerprint density at radius 1 is 1.13 bits per heavy atom. The summed E-state index contributed by atoms with van der Waals surface area (Å²) >= 11 is 0. The van der Waals surface area contributed by atoms with Gasteiger partial charge in [0.15, 0.2) is 17.5 Å². The van der Waals surface area contributed by atoms with E-state index >= 15 is 0 Å². The first kappa shape index (κ1) is 24.6. The molecule has 2 aromatic carbocycles. The van der Waals surface area contributed by atoms with Crippen molar-refractivity contribution >= 4 is 29.9 Å². The van der Waals surface area contributed by atoms with Crippen LogP contribution in [0, 0.1) is 5.82 Å². The summed E-state index contributed by atoms with van der Waals surface area (Å²) in [6.45, 7) is 6.52. The molecular formula is C23H29FIN5O. The van der Waals surface area contributed by atoms with Crippen molar-refractivity contribution in [3.8, 4) is 5.75 Å². The summed E-state index contributed by atoms with van der Waals surface area (Å²) in [7, 11) is 0. The average Bonchev–Trinajstić information content (AvgIpc) is 3.26. The van der Waals surface area contributed by atoms with E-state index in [0.29, 0.717) is 19.0 Å². The van der Waals surface area contributed by atoms with Crippen molar-refractivity contribution in [1.29, 1.82) is 0 Å². The summed E-state index contributed by atoms with van der Waals surface area (Å²) in [6.07, 6.45) is 5.32. The van der Waals surface area contributed by atoms with Crippen LogP contribution in [0.1, 0.15) is 25.0 Å². The molecule has 0 aliphatic rings. The van der Waals surface area contributed by atoms with Crippen molar-refractivity contribution in [3.63, 3.8) is 0 Å². The predicted octanol–water partition coefficient (Wildman–Crippen LogP) is 4.21. The van der Waals surface area contributed by atoms with Crippen molar-refractivity contribution in [2.75, 3.05) is 13.1 Å². The molecule has 0 saturated heterocycles. The summed E-state index contributed by atoms with van der Waals surface area (Å²) in [6, 6.07) is 14.8. The third-order valence-corrected chi connectivity index (χ3v) is 4.43. The van der Waals surface area contributed by atoms with Gasteiger partial charge in [-0.15, -0.1) is 24.0 Å². The number of nitrogens with zero attached hydrogens (tertiary/aromatic N) is 3. The molecule has 0 aliphatic heterocycles. The van der Waals surface area contributed by atoms with Gasteiger partial charge in [0.2, 0.25) is 0 Å². The van der Waals surface area contributed by atoms with Crippen LogP contribution >= 0.6 is 24.0 Å². The maximum atomic E-state index is 13.7. The Kier molecular flexibility index (Phi) is 10.3. The standard InChI is InChI=1S/C23H28FN5O.HI/c1-3-26-23(27-14-18(2)30-22-7-5-4-6-21(22)24)28-15-19-8-10-20(11-9-19)16-29-13-12-25-17-29;/h4-13,17-18H,3,14-16H2,1-2H3,(H2,26,27,28);1H. The number of rotatable bonds is 9. The lowest BCUT2D eigenvalue weighted by Gasteiger charge is -2.18. The molecule has 1 aromatic heterocycles. The Morgan fingerprint density at radius 3 is 2.55 bits per heavy atom. The summed E-state index contributed by atoms with van der Waals surface area (Å²) in [5.41, 5.74) is 2.34. The first-order valence-electron chi connectivity index (χ1n) is 10.1. The molecule has 3 rings (SSSR count). The number of para-hydroxylation sites is 1. The van der Waals surface area contributed by atoms with Crippen molar-refractivity contribution in [2.24, 2.45) is 4.99 Å². The fourth-order valence-corrected chi connectivity index (χ4v) is 2.89. The van der Waals surface area contributed by atoms with Gasteiger partial charge in [0.1, 0.15) is 6.10 Å². The fraction of sp³-hybridized carbons (Fsp3) is 0.304. The molecule has 1 atom stereocenters. The molecular weight excluding hydrogens is 508 g/mol. The Hall–Kier alpha value is -2.62. The zero-order valence-corrected chi connectivity index (χ0v) is 20.1. The minimum absolute atomic E-state index is 0. The van der Waals surface area contributed by atoms with Crippen LogP contribution < -0.4 is 15.4 Å². The lowest BCUT2D eigenvalue weighted by molar-refractivity contribution is 0.214. The molecule has 8 heteroatoms. The van der Waals surface area contributed by atoms with Gasteiger partial charge in [-0.1, -0.05) is 36.4 Å². The van der Waals surface area contributed by atoms with Crippen molar-refractivity contribution in [1.82, 2.24) is 20.2 Å². The summed E-state index contributed by atoms with van der Waals surface area (Å²) in [5.74, 6) is 0.593. The highest BCUT2D eigenvalue weighted by atomic mass is 127. The number of nitrogens with one attached hydrogen (secondary N) is 2. The Labute approximate surface area is 200 Å². The molecule has 166 valence electrons. The van der Waals surface area contributed by atoms with Gasteiger partial charge in [0, 0.05) is 25.5 Å². The SMILES string of the molecule is CCNC(=NCc1ccc(Cn2ccnc2)cc1)NCC(C)Oc1ccccc1F.I. The third kappa shape index (κ3) is 8.20. The highest BCUT2D eigenvalue weighted by Gasteiger charge is 2.09. The predicted molar refractivity (Wildman–Crippen MR) is 132 cm³/mol. The zero-order valence-electron chi connectivity index (χ0n) is 17.8. The average molecular weight is 537 g/mol. The van der Waals surface area contributed by atoms with Crippen molar-refractivity contribution < 1.29 is 9.13 Å². The minimum atomic E-state index is -0.360. The second kappa shape index (κ2) is 12.9. The van der Waals surface area contributed by atoms with Crippen LogP contribution in [0.2, 0.25) is 0 Å². The molecule has 6 nitrogen and oxygen atoms in total. The molecule has 1 unspecified atom stereocenters. The first-order valence-corrected chi connectivity index (χ1v) is 10.1. The Bertz CT molecular complexity index is 931. The van der Waals surface area contributed by atoms with Gasteiger partial charge in [0.05, 0.1) is 19.4 Å². The third-order valence-electron chi connectivity index (χ3n) is 4.43. The van der Waals surface area contributed by atoms with Crippen LogP contribution in [0.5, 0.6) is 5.75 Å². The number of imidazole rings is 1. The van der Waals surface area contributed by atoms with Crippen LogP contribution in [0.15, 0.2) is 72.2 Å². The summed E-state index contributed by atoms with van der Waals surface area (Å²) in [5, 5.41) is 6.48. The normalized spacial score (nSPS) is 12.0. The number of hydrogen-bond donors (Lipinski definition) is 2. The second-order valence-electron chi connectivity index (χ2n) is 6.99. The van der Waals surface area contributed by atoms with Crippen LogP contribution in [-0.4, -0.2) is 34.7 Å². The zero-order chi connectivity index (χ0) is 21.2. The molecule has 0 saturated carbocycles. The maximum absolute atomic E-state index is 13.7. The van der Waals surface area contributed by atoms with E-state index in [0.717, 1.165) is 18.7 Å². The number of aliphatic imine (C=N–C) groups is 1. The quantitative estimate of drug-likeness (QED) is 0.244. The molecule has 3 aromatic rings. The molecule has 0 amide bonds. The lowest BCUT2D eigenvalue weighted by Crippen LogP contribution is -2.41. The van der Waals surface area contributed by atoms with Crippen LogP contribution in [0.25, 0.3) is 0 Å². The van der Waals surface area contributed by atoms with Gasteiger partial charge in [-0.05, 0) is 37.1 Å². The topological polar surface area (TPSA) is 63.5 Å². The molecule has 0 fully saturated rings. The number of halogens is 2. The molecule has 0 bridgehead atoms. The van der Waals surface area contributed by atoms with Gasteiger partial charge in [-0.25, -0.2) is 14.4 Å². The van der Waals surface area contributed by atoms with Crippen LogP contribution in [-0.2, 0) is 13.1 Å². The smallest absolute Gasteiger partial charge is 0.191 e. The second-order valence-corrected chi connectivity index (χ2v) is 6.99. The molecule has 0 radical (unpaired) electrons. The van der Waals surface area contributed by atoms with Gasteiger partial charge >= 0.3 is 0 Å². The molecule has 1 heterocycles. The highest BCUT2D eigenvalue weighted by molar-refractivity contribution is 14.0. The largest absolute Gasteiger partial charge is 0.486 e. The maximum Gasteiger partial charge on any atom is 0.191 e. The summed E-state index contributed by atoms with van der Waals surface area (Å²) < 4.78 is 21.4. The lowest BCUT2D eigenvalue weighted by atomic mass is 10.1. The Balaban J connectivity index is 0.00000341. The van der Waals surface area contributed by atoms with E-state index in [4.69, 9.17) is 4.74 Å². The van der Waals surface area contributed by atoms with E-state index in [1.807, 2.05) is 30.9 Å². The van der Waals surface area contributed by atoms with Crippen LogP contribution in [0.4, 0.5) is 4.39 Å². The van der Waals surface area contributed by atoms with E-state index in [1.54, 1.807) is 24.4 Å². The molecule has 0 spiro atoms. The number of ether oxygens (including phenoxy) is 1. The van der Waals surface area contributed by atoms with Gasteiger partial charge < -0.3 is 19.9 Å². The van der Waals surface area contributed by atoms with Gasteiger partial charge in [-0.2, -0.15) is 0 Å². The van der Waals surface area contributed by atoms with E-state index in [9.17, 15) is 4.39 Å². The van der Waals surface area contributed by atoms with Crippen LogP contribution in [0.3, 0.4) is 0 Å². The summed E-state index contributed by atoms with van der Waals surface area (Å²) in [4.78, 5) is 8.70. The van der Waals surface area contributed by atoms with E-state index in [-0.39, 0.29) is 41.6 Å². The minimum Gasteiger partial charge on any atom is -0.486 e. The van der Waals surface area contributed by atoms with Crippen molar-refractivity contribution in [2.45, 2.75) is 33.0 Å². The number of guanidine groups is 1. The van der Waals surface area contributed by atoms with E-state index < -0.39 is 0 Å². The highest BCUT2D eigenvalue weighted by Crippen LogP contribution is 2.16. The van der Waals surface area contributed by atoms with E-state index in [2.05, 4.69) is 44.9 Å². The van der Waals surface area contributed by atoms with Crippen molar-refractivity contribution in [3.05, 3.63) is 84.2 Å². The number of aromatic nitrogens is 2. The van der Waals surface area contributed by atoms with Gasteiger partial charge in [0.25, 0.3) is 0 Å². The Morgan fingerprint density at radius 2 is 1.87 bits per heavy atom. The van der Waals surface area contributed by atoms with E-state index in [1.165, 1.54) is 11.6 Å².